The van der Waals surface area contributed by atoms with Gasteiger partial charge in [-0.15, -0.1) is 0 Å². The molecule has 24 heavy (non-hydrogen) atoms. The molecule has 0 aliphatic carbocycles. The first kappa shape index (κ1) is 15.4. The Kier molecular flexibility index (Phi) is 3.48. The minimum absolute atomic E-state index is 0.147. The first-order valence-corrected chi connectivity index (χ1v) is 9.32. The topological polar surface area (TPSA) is 88.4 Å². The number of para-hydroxylation sites is 1. The Morgan fingerprint density at radius 3 is 2.75 bits per heavy atom. The molecule has 1 aliphatic rings. The molecule has 0 saturated heterocycles. The van der Waals surface area contributed by atoms with E-state index in [1.165, 1.54) is 12.3 Å². The summed E-state index contributed by atoms with van der Waals surface area (Å²) in [6, 6.07) is 11.6. The molecule has 122 valence electrons. The first-order valence-electron chi connectivity index (χ1n) is 7.04. The Hall–Kier alpha value is -2.16. The van der Waals surface area contributed by atoms with Crippen molar-refractivity contribution in [2.75, 3.05) is 5.32 Å². The fourth-order valence-electron chi connectivity index (χ4n) is 2.68. The Morgan fingerprint density at radius 1 is 1.12 bits per heavy atom. The van der Waals surface area contributed by atoms with E-state index >= 15 is 0 Å². The lowest BCUT2D eigenvalue weighted by atomic mass is 10.1. The number of rotatable bonds is 1. The van der Waals surface area contributed by atoms with Crippen molar-refractivity contribution < 1.29 is 12.8 Å². The second-order valence-electron chi connectivity index (χ2n) is 5.36. The SMILES string of the molecule is O=c1c([C@@H]2Nc3ccccc3S(=O)(=O)N2)coc2ccc(Br)cc12. The van der Waals surface area contributed by atoms with Gasteiger partial charge in [-0.3, -0.25) is 4.79 Å². The molecule has 0 unspecified atom stereocenters. The third-order valence-electron chi connectivity index (χ3n) is 3.82. The zero-order chi connectivity index (χ0) is 16.9. The molecule has 2 N–H and O–H groups in total. The molecule has 0 saturated carbocycles. The molecule has 1 aliphatic heterocycles. The van der Waals surface area contributed by atoms with E-state index in [-0.39, 0.29) is 15.9 Å². The van der Waals surface area contributed by atoms with Gasteiger partial charge in [0.2, 0.25) is 10.0 Å². The Labute approximate surface area is 145 Å². The van der Waals surface area contributed by atoms with Crippen LogP contribution in [0.5, 0.6) is 0 Å². The highest BCUT2D eigenvalue weighted by Gasteiger charge is 2.31. The average molecular weight is 407 g/mol. The van der Waals surface area contributed by atoms with E-state index in [4.69, 9.17) is 4.42 Å². The molecule has 1 atom stereocenters. The summed E-state index contributed by atoms with van der Waals surface area (Å²) in [4.78, 5) is 12.9. The van der Waals surface area contributed by atoms with E-state index in [1.807, 2.05) is 0 Å². The zero-order valence-electron chi connectivity index (χ0n) is 12.1. The van der Waals surface area contributed by atoms with Crippen LogP contribution < -0.4 is 15.5 Å². The molecule has 6 nitrogen and oxygen atoms in total. The third-order valence-corrected chi connectivity index (χ3v) is 5.80. The normalized spacial score (nSPS) is 18.8. The van der Waals surface area contributed by atoms with Crippen molar-refractivity contribution >= 4 is 42.6 Å². The van der Waals surface area contributed by atoms with Crippen LogP contribution in [0.1, 0.15) is 11.7 Å². The van der Waals surface area contributed by atoms with Gasteiger partial charge >= 0.3 is 0 Å². The highest BCUT2D eigenvalue weighted by Crippen LogP contribution is 2.30. The van der Waals surface area contributed by atoms with E-state index < -0.39 is 16.2 Å². The number of benzene rings is 2. The van der Waals surface area contributed by atoms with Gasteiger partial charge in [-0.2, -0.15) is 4.72 Å². The Morgan fingerprint density at radius 2 is 1.92 bits per heavy atom. The molecule has 2 aromatic carbocycles. The predicted octanol–water partition coefficient (Wildman–Crippen LogP) is 2.96. The summed E-state index contributed by atoms with van der Waals surface area (Å²) in [7, 11) is -3.72. The van der Waals surface area contributed by atoms with Gasteiger partial charge in [-0.05, 0) is 30.3 Å². The number of nitrogens with one attached hydrogen (secondary N) is 2. The number of hydrogen-bond donors (Lipinski definition) is 2. The minimum Gasteiger partial charge on any atom is -0.464 e. The quantitative estimate of drug-likeness (QED) is 0.648. The molecular weight excluding hydrogens is 396 g/mol. The van der Waals surface area contributed by atoms with E-state index in [0.29, 0.717) is 16.7 Å². The van der Waals surface area contributed by atoms with Crippen LogP contribution in [0.25, 0.3) is 11.0 Å². The van der Waals surface area contributed by atoms with Crippen molar-refractivity contribution in [2.24, 2.45) is 0 Å². The molecule has 0 spiro atoms. The fourth-order valence-corrected chi connectivity index (χ4v) is 4.34. The summed E-state index contributed by atoms with van der Waals surface area (Å²) in [5, 5.41) is 3.40. The Bertz CT molecular complexity index is 1120. The van der Waals surface area contributed by atoms with Crippen molar-refractivity contribution in [3.05, 3.63) is 69.0 Å². The third kappa shape index (κ3) is 2.43. The number of anilines is 1. The number of fused-ring (bicyclic) bond motifs is 2. The van der Waals surface area contributed by atoms with Crippen LogP contribution in [-0.4, -0.2) is 8.42 Å². The van der Waals surface area contributed by atoms with Gasteiger partial charge in [0.15, 0.2) is 5.43 Å². The largest absolute Gasteiger partial charge is 0.464 e. The molecule has 8 heteroatoms. The zero-order valence-corrected chi connectivity index (χ0v) is 14.5. The van der Waals surface area contributed by atoms with E-state index in [2.05, 4.69) is 26.0 Å². The van der Waals surface area contributed by atoms with Crippen LogP contribution in [0.2, 0.25) is 0 Å². The lowest BCUT2D eigenvalue weighted by Crippen LogP contribution is -2.40. The summed E-state index contributed by atoms with van der Waals surface area (Å²) >= 11 is 3.32. The molecule has 0 fully saturated rings. The van der Waals surface area contributed by atoms with Crippen LogP contribution in [0.15, 0.2) is 67.3 Å². The van der Waals surface area contributed by atoms with Crippen LogP contribution in [0.4, 0.5) is 5.69 Å². The summed E-state index contributed by atoms with van der Waals surface area (Å²) < 4.78 is 33.5. The summed E-state index contributed by atoms with van der Waals surface area (Å²) in [5.74, 6) is 0. The van der Waals surface area contributed by atoms with Crippen molar-refractivity contribution in [2.45, 2.75) is 11.1 Å². The first-order chi connectivity index (χ1) is 11.5. The van der Waals surface area contributed by atoms with Gasteiger partial charge in [0.05, 0.1) is 16.6 Å². The van der Waals surface area contributed by atoms with Crippen molar-refractivity contribution in [1.29, 1.82) is 0 Å². The van der Waals surface area contributed by atoms with E-state index in [9.17, 15) is 13.2 Å². The van der Waals surface area contributed by atoms with Gasteiger partial charge in [0, 0.05) is 4.47 Å². The fraction of sp³-hybridized carbons (Fsp3) is 0.0625. The van der Waals surface area contributed by atoms with Gasteiger partial charge in [-0.25, -0.2) is 8.42 Å². The maximum Gasteiger partial charge on any atom is 0.244 e. The average Bonchev–Trinajstić information content (AvgIpc) is 2.55. The Balaban J connectivity index is 1.88. The van der Waals surface area contributed by atoms with Crippen molar-refractivity contribution in [3.63, 3.8) is 0 Å². The minimum atomic E-state index is -3.72. The summed E-state index contributed by atoms with van der Waals surface area (Å²) in [6.07, 6.45) is 0.386. The molecule has 0 bridgehead atoms. The lowest BCUT2D eigenvalue weighted by Gasteiger charge is -2.27. The molecule has 2 heterocycles. The molecule has 3 aromatic rings. The highest BCUT2D eigenvalue weighted by molar-refractivity contribution is 9.10. The number of hydrogen-bond acceptors (Lipinski definition) is 5. The highest BCUT2D eigenvalue weighted by atomic mass is 79.9. The number of halogens is 1. The smallest absolute Gasteiger partial charge is 0.244 e. The molecular formula is C16H11BrN2O4S. The second kappa shape index (κ2) is 5.44. The molecule has 0 amide bonds. The van der Waals surface area contributed by atoms with E-state index in [1.54, 1.807) is 36.4 Å². The number of sulfonamides is 1. The van der Waals surface area contributed by atoms with E-state index in [0.717, 1.165) is 4.47 Å². The van der Waals surface area contributed by atoms with Crippen LogP contribution >= 0.6 is 15.9 Å². The maximum absolute atomic E-state index is 12.7. The van der Waals surface area contributed by atoms with Gasteiger partial charge < -0.3 is 9.73 Å². The maximum atomic E-state index is 12.7. The molecule has 4 rings (SSSR count). The molecule has 0 radical (unpaired) electrons. The molecule has 1 aromatic heterocycles. The standard InChI is InChI=1S/C16H11BrN2O4S/c17-9-5-6-13-10(7-9)15(20)11(8-23-13)16-18-12-3-1-2-4-14(12)24(21,22)19-16/h1-8,16,18-19H/t16-/m1/s1. The lowest BCUT2D eigenvalue weighted by molar-refractivity contribution is 0.548. The van der Waals surface area contributed by atoms with Crippen molar-refractivity contribution in [3.8, 4) is 0 Å². The summed E-state index contributed by atoms with van der Waals surface area (Å²) in [6.45, 7) is 0. The van der Waals surface area contributed by atoms with Gasteiger partial charge in [0.25, 0.3) is 0 Å². The monoisotopic (exact) mass is 406 g/mol. The van der Waals surface area contributed by atoms with Crippen LogP contribution in [0.3, 0.4) is 0 Å². The van der Waals surface area contributed by atoms with Gasteiger partial charge in [-0.1, -0.05) is 28.1 Å². The van der Waals surface area contributed by atoms with Gasteiger partial charge in [0.1, 0.15) is 22.9 Å². The van der Waals surface area contributed by atoms with Crippen molar-refractivity contribution in [1.82, 2.24) is 4.72 Å². The van der Waals surface area contributed by atoms with Crippen LogP contribution in [0, 0.1) is 0 Å². The summed E-state index contributed by atoms with van der Waals surface area (Å²) in [5.41, 5.74) is 0.775. The predicted molar refractivity (Wildman–Crippen MR) is 93.3 cm³/mol. The van der Waals surface area contributed by atoms with Crippen LogP contribution in [-0.2, 0) is 10.0 Å². The second-order valence-corrected chi connectivity index (χ2v) is 7.95.